The Kier molecular flexibility index (Phi) is 8.00. The highest BCUT2D eigenvalue weighted by Crippen LogP contribution is 2.46. The minimum absolute atomic E-state index is 0.00394. The topological polar surface area (TPSA) is 57.1 Å². The van der Waals surface area contributed by atoms with Gasteiger partial charge < -0.3 is 9.31 Å². The van der Waals surface area contributed by atoms with Crippen molar-refractivity contribution < 1.29 is 35.7 Å². The fourth-order valence-electron chi connectivity index (χ4n) is 5.23. The molecular weight excluding hydrogens is 619 g/mol. The summed E-state index contributed by atoms with van der Waals surface area (Å²) in [6, 6.07) is 23.8. The molecule has 1 aliphatic rings. The molecule has 6 rings (SSSR count). The van der Waals surface area contributed by atoms with E-state index in [0.717, 1.165) is 0 Å². The molecule has 1 aromatic heterocycles. The number of nitrogens with zero attached hydrogens (tertiary/aromatic N) is 3. The Morgan fingerprint density at radius 2 is 1.02 bits per heavy atom. The van der Waals surface area contributed by atoms with Crippen LogP contribution in [0.4, 0.5) is 26.3 Å². The number of halogens is 6. The third kappa shape index (κ3) is 6.39. The largest absolute Gasteiger partial charge is 0.494 e. The van der Waals surface area contributed by atoms with Gasteiger partial charge in [-0.2, -0.15) is 26.3 Å². The summed E-state index contributed by atoms with van der Waals surface area (Å²) in [7, 11) is -0.798. The lowest BCUT2D eigenvalue weighted by Gasteiger charge is -2.32. The molecule has 1 saturated heterocycles. The van der Waals surface area contributed by atoms with E-state index in [1.165, 1.54) is 24.3 Å². The first kappa shape index (κ1) is 32.4. The van der Waals surface area contributed by atoms with Gasteiger partial charge in [-0.1, -0.05) is 84.9 Å². The molecule has 0 atom stereocenters. The average Bonchev–Trinajstić information content (AvgIpc) is 3.26. The molecule has 1 fully saturated rings. The Morgan fingerprint density at radius 3 is 1.47 bits per heavy atom. The van der Waals surface area contributed by atoms with Crippen LogP contribution in [0.1, 0.15) is 38.8 Å². The van der Waals surface area contributed by atoms with Crippen LogP contribution in [-0.2, 0) is 21.7 Å². The molecule has 1 aliphatic heterocycles. The number of hydrogen-bond donors (Lipinski definition) is 0. The van der Waals surface area contributed by atoms with E-state index in [1.54, 1.807) is 60.7 Å². The van der Waals surface area contributed by atoms with Gasteiger partial charge in [-0.05, 0) is 50.9 Å². The molecule has 0 amide bonds. The molecule has 0 radical (unpaired) electrons. The average molecular weight is 647 g/mol. The van der Waals surface area contributed by atoms with Gasteiger partial charge >= 0.3 is 19.5 Å². The van der Waals surface area contributed by atoms with Gasteiger partial charge in [0.25, 0.3) is 0 Å². The normalized spacial score (nSPS) is 16.0. The number of aromatic nitrogens is 3. The van der Waals surface area contributed by atoms with E-state index in [-0.39, 0.29) is 29.1 Å². The van der Waals surface area contributed by atoms with Gasteiger partial charge in [-0.25, -0.2) is 15.0 Å². The summed E-state index contributed by atoms with van der Waals surface area (Å²) >= 11 is 0. The van der Waals surface area contributed by atoms with Crippen molar-refractivity contribution in [1.29, 1.82) is 0 Å². The van der Waals surface area contributed by atoms with Crippen LogP contribution in [-0.4, -0.2) is 33.3 Å². The van der Waals surface area contributed by atoms with Crippen molar-refractivity contribution in [2.75, 3.05) is 0 Å². The summed E-state index contributed by atoms with van der Waals surface area (Å²) in [5.41, 5.74) is -3.69. The number of hydrogen-bond acceptors (Lipinski definition) is 5. The first-order valence-corrected chi connectivity index (χ1v) is 14.7. The molecule has 4 aromatic carbocycles. The van der Waals surface area contributed by atoms with Crippen LogP contribution in [0.2, 0.25) is 0 Å². The summed E-state index contributed by atoms with van der Waals surface area (Å²) in [5.74, 6) is -0.177. The number of alkyl halides is 6. The zero-order valence-electron chi connectivity index (χ0n) is 25.7. The first-order chi connectivity index (χ1) is 22.0. The van der Waals surface area contributed by atoms with Crippen LogP contribution < -0.4 is 5.46 Å². The summed E-state index contributed by atoms with van der Waals surface area (Å²) in [4.78, 5) is 13.4. The van der Waals surface area contributed by atoms with E-state index >= 15 is 0 Å². The molecule has 0 saturated carbocycles. The van der Waals surface area contributed by atoms with Crippen molar-refractivity contribution in [3.05, 3.63) is 108 Å². The summed E-state index contributed by atoms with van der Waals surface area (Å²) < 4.78 is 98.8. The minimum atomic E-state index is -5.16. The minimum Gasteiger partial charge on any atom is -0.399 e. The van der Waals surface area contributed by atoms with E-state index in [9.17, 15) is 26.3 Å². The van der Waals surface area contributed by atoms with Gasteiger partial charge in [0.2, 0.25) is 0 Å². The lowest BCUT2D eigenvalue weighted by atomic mass is 9.78. The van der Waals surface area contributed by atoms with Crippen molar-refractivity contribution in [2.45, 2.75) is 51.2 Å². The van der Waals surface area contributed by atoms with E-state index in [0.29, 0.717) is 22.7 Å². The van der Waals surface area contributed by atoms with E-state index < -0.39 is 52.9 Å². The highest BCUT2D eigenvalue weighted by atomic mass is 19.4. The van der Waals surface area contributed by atoms with Crippen molar-refractivity contribution in [2.24, 2.45) is 0 Å². The Balaban J connectivity index is 1.60. The second kappa shape index (κ2) is 11.6. The predicted octanol–water partition coefficient (Wildman–Crippen LogP) is 8.88. The molecule has 240 valence electrons. The van der Waals surface area contributed by atoms with Crippen LogP contribution in [0.5, 0.6) is 0 Å². The third-order valence-electron chi connectivity index (χ3n) is 8.44. The van der Waals surface area contributed by atoms with E-state index in [2.05, 4.69) is 15.0 Å². The van der Waals surface area contributed by atoms with Crippen LogP contribution in [0.3, 0.4) is 0 Å². The monoisotopic (exact) mass is 647 g/mol. The van der Waals surface area contributed by atoms with E-state index in [1.807, 2.05) is 27.7 Å². The Bertz CT molecular complexity index is 1840. The fraction of sp³-hybridized carbons (Fsp3) is 0.229. The van der Waals surface area contributed by atoms with Crippen molar-refractivity contribution >= 4 is 12.6 Å². The molecule has 0 unspecified atom stereocenters. The Hall–Kier alpha value is -4.55. The maximum atomic E-state index is 14.7. The van der Waals surface area contributed by atoms with Crippen molar-refractivity contribution in [3.8, 4) is 45.3 Å². The summed E-state index contributed by atoms with van der Waals surface area (Å²) in [5, 5.41) is 0. The van der Waals surface area contributed by atoms with Crippen LogP contribution in [0, 0.1) is 0 Å². The fourth-order valence-corrected chi connectivity index (χ4v) is 5.23. The van der Waals surface area contributed by atoms with Crippen LogP contribution in [0.15, 0.2) is 97.1 Å². The molecular formula is C35H28BF6N3O2. The Labute approximate surface area is 267 Å². The zero-order chi connectivity index (χ0) is 33.8. The van der Waals surface area contributed by atoms with Gasteiger partial charge in [0.1, 0.15) is 0 Å². The molecule has 12 heteroatoms. The maximum absolute atomic E-state index is 14.7. The highest BCUT2D eigenvalue weighted by Gasteiger charge is 2.51. The smallest absolute Gasteiger partial charge is 0.399 e. The molecule has 5 nitrogen and oxygen atoms in total. The third-order valence-corrected chi connectivity index (χ3v) is 8.44. The van der Waals surface area contributed by atoms with Gasteiger partial charge in [0.05, 0.1) is 22.3 Å². The van der Waals surface area contributed by atoms with Crippen molar-refractivity contribution in [3.63, 3.8) is 0 Å². The predicted molar refractivity (Wildman–Crippen MR) is 167 cm³/mol. The van der Waals surface area contributed by atoms with Gasteiger partial charge in [0, 0.05) is 22.3 Å². The highest BCUT2D eigenvalue weighted by molar-refractivity contribution is 6.62. The quantitative estimate of drug-likeness (QED) is 0.141. The van der Waals surface area contributed by atoms with Crippen LogP contribution >= 0.6 is 0 Å². The molecule has 0 bridgehead atoms. The summed E-state index contributed by atoms with van der Waals surface area (Å²) in [6.07, 6.45) is -10.3. The maximum Gasteiger partial charge on any atom is 0.494 e. The summed E-state index contributed by atoms with van der Waals surface area (Å²) in [6.45, 7) is 7.47. The van der Waals surface area contributed by atoms with Crippen LogP contribution in [0.25, 0.3) is 45.3 Å². The molecule has 2 heterocycles. The number of benzene rings is 4. The zero-order valence-corrected chi connectivity index (χ0v) is 25.7. The molecule has 0 aliphatic carbocycles. The van der Waals surface area contributed by atoms with Gasteiger partial charge in [-0.3, -0.25) is 0 Å². The van der Waals surface area contributed by atoms with Gasteiger partial charge in [0.15, 0.2) is 17.5 Å². The SMILES string of the molecule is CC1(C)OB(c2ccc(-c3c(-c4nc(-c5ccccc5)nc(-c5ccccc5)n4)cc(C(F)(F)F)cc3C(F)(F)F)cc2)OC1(C)C. The lowest BCUT2D eigenvalue weighted by molar-refractivity contribution is -0.142. The van der Waals surface area contributed by atoms with Crippen molar-refractivity contribution in [1.82, 2.24) is 15.0 Å². The number of rotatable bonds is 5. The molecule has 47 heavy (non-hydrogen) atoms. The van der Waals surface area contributed by atoms with E-state index in [4.69, 9.17) is 9.31 Å². The second-order valence-electron chi connectivity index (χ2n) is 12.2. The molecule has 0 N–H and O–H groups in total. The second-order valence-corrected chi connectivity index (χ2v) is 12.2. The molecule has 5 aromatic rings. The molecule has 0 spiro atoms. The first-order valence-electron chi connectivity index (χ1n) is 14.7. The standard InChI is InChI=1S/C35H28BF6N3O2/c1-32(2)33(3,4)47-36(46-32)25-17-15-21(16-18-25)28-26(19-24(34(37,38)39)20-27(28)35(40,41)42)31-44-29(22-11-7-5-8-12-22)43-30(45-31)23-13-9-6-10-14-23/h5-20H,1-4H3. The Morgan fingerprint density at radius 1 is 0.553 bits per heavy atom. The van der Waals surface area contributed by atoms with Gasteiger partial charge in [-0.15, -0.1) is 0 Å². The lowest BCUT2D eigenvalue weighted by Crippen LogP contribution is -2.41.